The van der Waals surface area contributed by atoms with Crippen LogP contribution in [-0.2, 0) is 4.74 Å². The van der Waals surface area contributed by atoms with Crippen molar-refractivity contribution in [3.8, 4) is 0 Å². The molecule has 0 aromatic heterocycles. The van der Waals surface area contributed by atoms with E-state index in [1.54, 1.807) is 31.4 Å². The van der Waals surface area contributed by atoms with Gasteiger partial charge < -0.3 is 15.4 Å². The lowest BCUT2D eigenvalue weighted by Crippen LogP contribution is -2.43. The van der Waals surface area contributed by atoms with Crippen molar-refractivity contribution in [3.05, 3.63) is 35.4 Å². The molecular weight excluding hydrogens is 435 g/mol. The number of aliphatic imine (C=N–C) groups is 1. The summed E-state index contributed by atoms with van der Waals surface area (Å²) in [5.74, 6) is 0.198. The molecule has 0 saturated carbocycles. The van der Waals surface area contributed by atoms with Gasteiger partial charge in [0.25, 0.3) is 11.8 Å². The number of hydrogen-bond acceptors (Lipinski definition) is 4. The topological polar surface area (TPSA) is 83.0 Å². The molecule has 8 heteroatoms. The monoisotopic (exact) mass is 460 g/mol. The van der Waals surface area contributed by atoms with Crippen LogP contribution in [-0.4, -0.2) is 62.6 Å². The normalized spacial score (nSPS) is 13.5. The fourth-order valence-electron chi connectivity index (χ4n) is 2.47. The van der Waals surface area contributed by atoms with Crippen LogP contribution in [0.1, 0.15) is 34.1 Å². The first-order valence-electron chi connectivity index (χ1n) is 8.15. The molecule has 0 saturated heterocycles. The second kappa shape index (κ2) is 11.0. The van der Waals surface area contributed by atoms with Gasteiger partial charge in [-0.1, -0.05) is 12.1 Å². The van der Waals surface area contributed by atoms with E-state index in [1.165, 1.54) is 4.90 Å². The van der Waals surface area contributed by atoms with Gasteiger partial charge in [0.05, 0.1) is 11.1 Å². The Morgan fingerprint density at radius 3 is 2.36 bits per heavy atom. The summed E-state index contributed by atoms with van der Waals surface area (Å²) in [6, 6.07) is 6.90. The molecule has 7 nitrogen and oxygen atoms in total. The van der Waals surface area contributed by atoms with Crippen molar-refractivity contribution < 1.29 is 14.3 Å². The number of amides is 2. The highest BCUT2D eigenvalue weighted by Gasteiger charge is 2.34. The first-order chi connectivity index (χ1) is 11.7. The lowest BCUT2D eigenvalue weighted by atomic mass is 10.1. The van der Waals surface area contributed by atoms with Gasteiger partial charge in [0.1, 0.15) is 0 Å². The number of rotatable bonds is 8. The van der Waals surface area contributed by atoms with Crippen molar-refractivity contribution in [2.75, 3.05) is 39.9 Å². The van der Waals surface area contributed by atoms with Gasteiger partial charge >= 0.3 is 0 Å². The van der Waals surface area contributed by atoms with Crippen molar-refractivity contribution in [2.45, 2.75) is 13.3 Å². The number of methoxy groups -OCH3 is 1. The quantitative estimate of drug-likeness (QED) is 0.202. The second-order valence-electron chi connectivity index (χ2n) is 5.34. The molecule has 2 rings (SSSR count). The lowest BCUT2D eigenvalue weighted by Gasteiger charge is -2.16. The molecule has 2 amide bonds. The van der Waals surface area contributed by atoms with Crippen molar-refractivity contribution in [1.82, 2.24) is 15.5 Å². The number of ether oxygens (including phenoxy) is 1. The average Bonchev–Trinajstić information content (AvgIpc) is 2.84. The SMILES string of the molecule is CCNC(=NCCCOC)NCCN1C(=O)c2ccccc2C1=O.I. The Morgan fingerprint density at radius 1 is 1.16 bits per heavy atom. The van der Waals surface area contributed by atoms with E-state index in [0.717, 1.165) is 13.0 Å². The summed E-state index contributed by atoms with van der Waals surface area (Å²) >= 11 is 0. The van der Waals surface area contributed by atoms with Crippen LogP contribution in [0, 0.1) is 0 Å². The van der Waals surface area contributed by atoms with Gasteiger partial charge in [0.15, 0.2) is 5.96 Å². The molecule has 0 unspecified atom stereocenters. The maximum absolute atomic E-state index is 12.3. The van der Waals surface area contributed by atoms with E-state index in [9.17, 15) is 9.59 Å². The Morgan fingerprint density at radius 2 is 1.80 bits per heavy atom. The maximum atomic E-state index is 12.3. The molecule has 1 heterocycles. The van der Waals surface area contributed by atoms with Crippen LogP contribution in [0.5, 0.6) is 0 Å². The number of benzene rings is 1. The number of halogens is 1. The maximum Gasteiger partial charge on any atom is 0.261 e. The Kier molecular flexibility index (Phi) is 9.43. The molecule has 0 spiro atoms. The van der Waals surface area contributed by atoms with Gasteiger partial charge in [-0.3, -0.25) is 19.5 Å². The molecule has 0 aliphatic carbocycles. The van der Waals surface area contributed by atoms with Crippen molar-refractivity contribution in [3.63, 3.8) is 0 Å². The third-order valence-electron chi connectivity index (χ3n) is 3.63. The van der Waals surface area contributed by atoms with Crippen molar-refractivity contribution >= 4 is 41.8 Å². The highest BCUT2D eigenvalue weighted by molar-refractivity contribution is 14.0. The molecule has 0 radical (unpaired) electrons. The van der Waals surface area contributed by atoms with Crippen LogP contribution in [0.2, 0.25) is 0 Å². The number of fused-ring (bicyclic) bond motifs is 1. The van der Waals surface area contributed by atoms with Crippen LogP contribution >= 0.6 is 24.0 Å². The van der Waals surface area contributed by atoms with Gasteiger partial charge in [0, 0.05) is 39.9 Å². The number of nitrogens with one attached hydrogen (secondary N) is 2. The summed E-state index contributed by atoms with van der Waals surface area (Å²) < 4.78 is 4.99. The second-order valence-corrected chi connectivity index (χ2v) is 5.34. The van der Waals surface area contributed by atoms with Crippen LogP contribution in [0.4, 0.5) is 0 Å². The number of carbonyl (C=O) groups is 2. The Bertz CT molecular complexity index is 587. The zero-order chi connectivity index (χ0) is 17.4. The van der Waals surface area contributed by atoms with Crippen molar-refractivity contribution in [2.24, 2.45) is 4.99 Å². The molecule has 0 fully saturated rings. The van der Waals surface area contributed by atoms with Crippen LogP contribution in [0.25, 0.3) is 0 Å². The molecule has 1 aromatic rings. The first kappa shape index (κ1) is 21.4. The molecule has 138 valence electrons. The highest BCUT2D eigenvalue weighted by Crippen LogP contribution is 2.21. The zero-order valence-corrected chi connectivity index (χ0v) is 16.9. The zero-order valence-electron chi connectivity index (χ0n) is 14.6. The fourth-order valence-corrected chi connectivity index (χ4v) is 2.47. The minimum Gasteiger partial charge on any atom is -0.385 e. The van der Waals surface area contributed by atoms with E-state index in [0.29, 0.717) is 43.3 Å². The Labute approximate surface area is 165 Å². The van der Waals surface area contributed by atoms with Crippen LogP contribution in [0.3, 0.4) is 0 Å². The number of hydrogen-bond donors (Lipinski definition) is 2. The molecule has 0 atom stereocenters. The van der Waals surface area contributed by atoms with E-state index >= 15 is 0 Å². The van der Waals surface area contributed by atoms with Gasteiger partial charge in [0.2, 0.25) is 0 Å². The summed E-state index contributed by atoms with van der Waals surface area (Å²) in [7, 11) is 1.66. The molecule has 1 aliphatic rings. The first-order valence-corrected chi connectivity index (χ1v) is 8.15. The van der Waals surface area contributed by atoms with Gasteiger partial charge in [-0.25, -0.2) is 0 Å². The van der Waals surface area contributed by atoms with Gasteiger partial charge in [-0.2, -0.15) is 0 Å². The average molecular weight is 460 g/mol. The summed E-state index contributed by atoms with van der Waals surface area (Å²) in [6.07, 6.45) is 0.839. The summed E-state index contributed by atoms with van der Waals surface area (Å²) in [5, 5.41) is 6.28. The summed E-state index contributed by atoms with van der Waals surface area (Å²) in [5.41, 5.74) is 0.949. The summed E-state index contributed by atoms with van der Waals surface area (Å²) in [6.45, 7) is 4.78. The summed E-state index contributed by atoms with van der Waals surface area (Å²) in [4.78, 5) is 30.2. The van der Waals surface area contributed by atoms with Gasteiger partial charge in [-0.05, 0) is 25.5 Å². The van der Waals surface area contributed by atoms with E-state index in [1.807, 2.05) is 6.92 Å². The molecule has 1 aromatic carbocycles. The van der Waals surface area contributed by atoms with Crippen LogP contribution in [0.15, 0.2) is 29.3 Å². The van der Waals surface area contributed by atoms with E-state index < -0.39 is 0 Å². The Hall–Kier alpha value is -1.68. The minimum atomic E-state index is -0.237. The lowest BCUT2D eigenvalue weighted by molar-refractivity contribution is 0.0657. The molecule has 0 bridgehead atoms. The predicted molar refractivity (Wildman–Crippen MR) is 108 cm³/mol. The van der Waals surface area contributed by atoms with Gasteiger partial charge in [-0.15, -0.1) is 24.0 Å². The number of carbonyl (C=O) groups excluding carboxylic acids is 2. The smallest absolute Gasteiger partial charge is 0.261 e. The van der Waals surface area contributed by atoms with E-state index in [-0.39, 0.29) is 35.8 Å². The third-order valence-corrected chi connectivity index (χ3v) is 3.63. The molecule has 2 N–H and O–H groups in total. The predicted octanol–water partition coefficient (Wildman–Crippen LogP) is 1.49. The fraction of sp³-hybridized carbons (Fsp3) is 0.471. The largest absolute Gasteiger partial charge is 0.385 e. The minimum absolute atomic E-state index is 0. The molecule has 25 heavy (non-hydrogen) atoms. The molecular formula is C17H25IN4O3. The number of nitrogens with zero attached hydrogens (tertiary/aromatic N) is 2. The van der Waals surface area contributed by atoms with Crippen molar-refractivity contribution in [1.29, 1.82) is 0 Å². The molecule has 1 aliphatic heterocycles. The highest BCUT2D eigenvalue weighted by atomic mass is 127. The Balaban J connectivity index is 0.00000312. The number of imide groups is 1. The third kappa shape index (κ3) is 5.67. The van der Waals surface area contributed by atoms with E-state index in [2.05, 4.69) is 15.6 Å². The van der Waals surface area contributed by atoms with Crippen LogP contribution < -0.4 is 10.6 Å². The van der Waals surface area contributed by atoms with E-state index in [4.69, 9.17) is 4.74 Å². The number of guanidine groups is 1. The standard InChI is InChI=1S/C17H24N4O3.HI/c1-3-18-17(19-9-6-12-24-2)20-10-11-21-15(22)13-7-4-5-8-14(13)16(21)23;/h4-5,7-8H,3,6,9-12H2,1-2H3,(H2,18,19,20);1H.